The highest BCUT2D eigenvalue weighted by atomic mass is 16.4. The zero-order valence-corrected chi connectivity index (χ0v) is 19.0. The van der Waals surface area contributed by atoms with Crippen LogP contribution in [-0.2, 0) is 0 Å². The van der Waals surface area contributed by atoms with E-state index in [1.807, 2.05) is 41.0 Å². The number of nitrogens with two attached hydrogens (primary N) is 1. The number of rotatable bonds is 5. The average molecular weight is 454 g/mol. The van der Waals surface area contributed by atoms with Gasteiger partial charge in [-0.15, -0.1) is 10.2 Å². The second-order valence-corrected chi connectivity index (χ2v) is 8.16. The Morgan fingerprint density at radius 3 is 2.53 bits per heavy atom. The van der Waals surface area contributed by atoms with Gasteiger partial charge >= 0.3 is 0 Å². The summed E-state index contributed by atoms with van der Waals surface area (Å²) in [6.45, 7) is 4.18. The Bertz CT molecular complexity index is 1500. The van der Waals surface area contributed by atoms with E-state index in [0.717, 1.165) is 39.0 Å². The minimum Gasteiger partial charge on any atom is -0.433 e. The highest BCUT2D eigenvalue weighted by Gasteiger charge is 2.17. The van der Waals surface area contributed by atoms with Crippen molar-refractivity contribution in [3.63, 3.8) is 0 Å². The van der Waals surface area contributed by atoms with Crippen molar-refractivity contribution in [1.29, 1.82) is 0 Å². The Morgan fingerprint density at radius 2 is 1.79 bits per heavy atom. The summed E-state index contributed by atoms with van der Waals surface area (Å²) in [5.74, 6) is 1.12. The standard InChI is InChI=1S/C25H23N7O2/c1-14(2)32-13-30-31-23(32)16-6-4-15(5-7-16)19-10-17(12-29-22(19)26)18-8-9-28-25-20(18)11-21(34-25)24(33)27-3/h4-14H,1-3H3,(H2,26,29)(H,27,33). The molecule has 170 valence electrons. The molecule has 4 aromatic heterocycles. The number of nitrogens with zero attached hydrogens (tertiary/aromatic N) is 5. The number of furan rings is 1. The summed E-state index contributed by atoms with van der Waals surface area (Å²) in [5, 5.41) is 11.6. The zero-order valence-electron chi connectivity index (χ0n) is 19.0. The third-order valence-corrected chi connectivity index (χ3v) is 5.70. The molecule has 5 rings (SSSR count). The predicted octanol–water partition coefficient (Wildman–Crippen LogP) is 4.34. The topological polar surface area (TPSA) is 125 Å². The maximum absolute atomic E-state index is 12.0. The first-order chi connectivity index (χ1) is 16.5. The molecular weight excluding hydrogens is 430 g/mol. The van der Waals surface area contributed by atoms with Gasteiger partial charge in [-0.25, -0.2) is 9.97 Å². The highest BCUT2D eigenvalue weighted by Crippen LogP contribution is 2.34. The van der Waals surface area contributed by atoms with Crippen LogP contribution in [0.2, 0.25) is 0 Å². The number of amides is 1. The molecular formula is C25H23N7O2. The fourth-order valence-corrected chi connectivity index (χ4v) is 3.91. The molecule has 0 fully saturated rings. The van der Waals surface area contributed by atoms with Crippen LogP contribution in [-0.4, -0.2) is 37.7 Å². The van der Waals surface area contributed by atoms with Crippen molar-refractivity contribution < 1.29 is 9.21 Å². The molecule has 3 N–H and O–H groups in total. The van der Waals surface area contributed by atoms with E-state index >= 15 is 0 Å². The fourth-order valence-electron chi connectivity index (χ4n) is 3.91. The van der Waals surface area contributed by atoms with Crippen LogP contribution in [0.4, 0.5) is 5.82 Å². The lowest BCUT2D eigenvalue weighted by Gasteiger charge is -2.12. The smallest absolute Gasteiger partial charge is 0.286 e. The zero-order chi connectivity index (χ0) is 23.8. The number of anilines is 1. The van der Waals surface area contributed by atoms with Gasteiger partial charge in [0.05, 0.1) is 0 Å². The summed E-state index contributed by atoms with van der Waals surface area (Å²) in [6, 6.07) is 13.8. The van der Waals surface area contributed by atoms with E-state index in [1.54, 1.807) is 31.8 Å². The number of carbonyl (C=O) groups is 1. The Hall–Kier alpha value is -4.53. The first-order valence-corrected chi connectivity index (χ1v) is 10.8. The fraction of sp³-hybridized carbons (Fsp3) is 0.160. The van der Waals surface area contributed by atoms with Crippen LogP contribution in [0, 0.1) is 0 Å². The third kappa shape index (κ3) is 3.66. The lowest BCUT2D eigenvalue weighted by Crippen LogP contribution is -2.16. The van der Waals surface area contributed by atoms with Crippen molar-refractivity contribution in [3.05, 3.63) is 66.9 Å². The van der Waals surface area contributed by atoms with Crippen molar-refractivity contribution in [2.24, 2.45) is 0 Å². The minimum absolute atomic E-state index is 0.200. The summed E-state index contributed by atoms with van der Waals surface area (Å²) in [5.41, 5.74) is 11.0. The number of hydrogen-bond donors (Lipinski definition) is 2. The maximum Gasteiger partial charge on any atom is 0.286 e. The first kappa shape index (κ1) is 21.3. The molecule has 0 aliphatic heterocycles. The molecule has 0 aliphatic carbocycles. The van der Waals surface area contributed by atoms with Crippen LogP contribution in [0.25, 0.3) is 44.7 Å². The number of nitrogens with one attached hydrogen (secondary N) is 1. The molecule has 0 unspecified atom stereocenters. The lowest BCUT2D eigenvalue weighted by atomic mass is 9.99. The average Bonchev–Trinajstić information content (AvgIpc) is 3.51. The van der Waals surface area contributed by atoms with Crippen molar-refractivity contribution in [2.45, 2.75) is 19.9 Å². The molecule has 4 heterocycles. The van der Waals surface area contributed by atoms with Gasteiger partial charge in [0, 0.05) is 47.6 Å². The van der Waals surface area contributed by atoms with Gasteiger partial charge in [-0.2, -0.15) is 0 Å². The number of aromatic nitrogens is 5. The summed E-state index contributed by atoms with van der Waals surface area (Å²) >= 11 is 0. The van der Waals surface area contributed by atoms with Gasteiger partial charge in [0.1, 0.15) is 12.1 Å². The molecule has 0 saturated heterocycles. The highest BCUT2D eigenvalue weighted by molar-refractivity contribution is 6.00. The summed E-state index contributed by atoms with van der Waals surface area (Å²) in [4.78, 5) is 20.7. The normalized spacial score (nSPS) is 11.3. The van der Waals surface area contributed by atoms with Crippen LogP contribution in [0.1, 0.15) is 30.4 Å². The van der Waals surface area contributed by atoms with E-state index in [2.05, 4.69) is 39.3 Å². The van der Waals surface area contributed by atoms with Crippen LogP contribution in [0.5, 0.6) is 0 Å². The quantitative estimate of drug-likeness (QED) is 0.405. The van der Waals surface area contributed by atoms with Gasteiger partial charge in [0.25, 0.3) is 5.91 Å². The van der Waals surface area contributed by atoms with Crippen LogP contribution in [0.15, 0.2) is 65.6 Å². The SMILES string of the molecule is CNC(=O)c1cc2c(-c3cnc(N)c(-c4ccc(-c5nncn5C(C)C)cc4)c3)ccnc2o1. The van der Waals surface area contributed by atoms with Crippen molar-refractivity contribution >= 4 is 22.8 Å². The van der Waals surface area contributed by atoms with Crippen LogP contribution in [0.3, 0.4) is 0 Å². The van der Waals surface area contributed by atoms with E-state index < -0.39 is 0 Å². The van der Waals surface area contributed by atoms with Crippen molar-refractivity contribution in [3.8, 4) is 33.6 Å². The molecule has 0 aliphatic rings. The van der Waals surface area contributed by atoms with Gasteiger partial charge in [-0.3, -0.25) is 4.79 Å². The maximum atomic E-state index is 12.0. The molecule has 0 bridgehead atoms. The second kappa shape index (κ2) is 8.43. The minimum atomic E-state index is -0.312. The van der Waals surface area contributed by atoms with Gasteiger partial charge in [0.2, 0.25) is 5.71 Å². The molecule has 9 nitrogen and oxygen atoms in total. The van der Waals surface area contributed by atoms with E-state index in [-0.39, 0.29) is 17.7 Å². The molecule has 1 aromatic carbocycles. The van der Waals surface area contributed by atoms with E-state index in [4.69, 9.17) is 10.2 Å². The number of carbonyl (C=O) groups excluding carboxylic acids is 1. The number of hydrogen-bond acceptors (Lipinski definition) is 7. The Balaban J connectivity index is 1.55. The van der Waals surface area contributed by atoms with E-state index in [0.29, 0.717) is 11.5 Å². The molecule has 0 spiro atoms. The monoisotopic (exact) mass is 453 g/mol. The predicted molar refractivity (Wildman–Crippen MR) is 130 cm³/mol. The summed E-state index contributed by atoms with van der Waals surface area (Å²) in [6.07, 6.45) is 5.09. The lowest BCUT2D eigenvalue weighted by molar-refractivity contribution is 0.0937. The van der Waals surface area contributed by atoms with Crippen LogP contribution < -0.4 is 11.1 Å². The molecule has 9 heteroatoms. The number of benzene rings is 1. The molecule has 0 atom stereocenters. The molecule has 34 heavy (non-hydrogen) atoms. The van der Waals surface area contributed by atoms with Crippen LogP contribution >= 0.6 is 0 Å². The number of nitrogen functional groups attached to an aromatic ring is 1. The van der Waals surface area contributed by atoms with Gasteiger partial charge < -0.3 is 20.0 Å². The van der Waals surface area contributed by atoms with Gasteiger partial charge in [0.15, 0.2) is 11.6 Å². The summed E-state index contributed by atoms with van der Waals surface area (Å²) in [7, 11) is 1.55. The van der Waals surface area contributed by atoms with Gasteiger partial charge in [-0.05, 0) is 43.2 Å². The Morgan fingerprint density at radius 1 is 1.03 bits per heavy atom. The third-order valence-electron chi connectivity index (χ3n) is 5.70. The molecule has 5 aromatic rings. The van der Waals surface area contributed by atoms with Gasteiger partial charge in [-0.1, -0.05) is 24.3 Å². The summed E-state index contributed by atoms with van der Waals surface area (Å²) < 4.78 is 7.64. The van der Waals surface area contributed by atoms with Crippen molar-refractivity contribution in [2.75, 3.05) is 12.8 Å². The molecule has 0 radical (unpaired) electrons. The van der Waals surface area contributed by atoms with Crippen molar-refractivity contribution in [1.82, 2.24) is 30.0 Å². The molecule has 0 saturated carbocycles. The first-order valence-electron chi connectivity index (χ1n) is 10.8. The Kier molecular flexibility index (Phi) is 5.29. The van der Waals surface area contributed by atoms with E-state index in [9.17, 15) is 4.79 Å². The molecule has 1 amide bonds. The second-order valence-electron chi connectivity index (χ2n) is 8.16. The Labute approximate surface area is 195 Å². The number of fused-ring (bicyclic) bond motifs is 1. The largest absolute Gasteiger partial charge is 0.433 e. The number of pyridine rings is 2. The van der Waals surface area contributed by atoms with E-state index in [1.165, 1.54) is 0 Å².